The molecule has 0 spiro atoms. The first kappa shape index (κ1) is 12.1. The number of carbonyl (C=O) groups excluding carboxylic acids is 1. The maximum absolute atomic E-state index is 12.8. The van der Waals surface area contributed by atoms with Gasteiger partial charge in [0.2, 0.25) is 0 Å². The minimum atomic E-state index is -0.330. The molecule has 2 aromatic rings. The first-order chi connectivity index (χ1) is 8.58. The smallest absolute Gasteiger partial charge is 0.258 e. The molecule has 0 saturated heterocycles. The Balaban J connectivity index is 2.26. The van der Waals surface area contributed by atoms with Gasteiger partial charge in [0.15, 0.2) is 0 Å². The first-order valence-electron chi connectivity index (χ1n) is 5.47. The standard InChI is InChI=1S/C14H13FN2O/c1-17(13-7-5-11(15)6-8-13)14(18)10-3-2-4-12(16)9-10/h2-9H,16H2,1H3. The second-order valence-corrected chi connectivity index (χ2v) is 3.97. The van der Waals surface area contributed by atoms with E-state index in [0.29, 0.717) is 16.9 Å². The molecule has 0 aliphatic heterocycles. The second kappa shape index (κ2) is 4.87. The van der Waals surface area contributed by atoms with Crippen molar-refractivity contribution in [2.24, 2.45) is 0 Å². The Labute approximate surface area is 105 Å². The number of hydrogen-bond donors (Lipinski definition) is 1. The summed E-state index contributed by atoms with van der Waals surface area (Å²) >= 11 is 0. The SMILES string of the molecule is CN(C(=O)c1cccc(N)c1)c1ccc(F)cc1. The maximum atomic E-state index is 12.8. The fourth-order valence-corrected chi connectivity index (χ4v) is 1.65. The van der Waals surface area contributed by atoms with Crippen molar-refractivity contribution in [1.82, 2.24) is 0 Å². The van der Waals surface area contributed by atoms with Crippen LogP contribution in [0, 0.1) is 5.82 Å². The highest BCUT2D eigenvalue weighted by Crippen LogP contribution is 2.17. The highest BCUT2D eigenvalue weighted by Gasteiger charge is 2.13. The number of rotatable bonds is 2. The summed E-state index contributed by atoms with van der Waals surface area (Å²) in [5, 5.41) is 0. The van der Waals surface area contributed by atoms with E-state index in [1.807, 2.05) is 0 Å². The van der Waals surface area contributed by atoms with Crippen LogP contribution in [0.15, 0.2) is 48.5 Å². The molecule has 0 unspecified atom stereocenters. The van der Waals surface area contributed by atoms with Gasteiger partial charge in [-0.3, -0.25) is 4.79 Å². The van der Waals surface area contributed by atoms with Crippen molar-refractivity contribution in [3.8, 4) is 0 Å². The van der Waals surface area contributed by atoms with Crippen molar-refractivity contribution in [3.63, 3.8) is 0 Å². The molecule has 0 saturated carbocycles. The van der Waals surface area contributed by atoms with Crippen LogP contribution in [0.2, 0.25) is 0 Å². The molecule has 18 heavy (non-hydrogen) atoms. The topological polar surface area (TPSA) is 46.3 Å². The Morgan fingerprint density at radius 3 is 2.44 bits per heavy atom. The van der Waals surface area contributed by atoms with E-state index in [0.717, 1.165) is 0 Å². The zero-order valence-corrected chi connectivity index (χ0v) is 9.93. The molecule has 0 heterocycles. The average Bonchev–Trinajstić information content (AvgIpc) is 2.38. The molecule has 2 aromatic carbocycles. The molecule has 0 fully saturated rings. The molecule has 0 atom stereocenters. The molecule has 2 N–H and O–H groups in total. The molecule has 92 valence electrons. The van der Waals surface area contributed by atoms with E-state index in [1.54, 1.807) is 43.4 Å². The van der Waals surface area contributed by atoms with E-state index < -0.39 is 0 Å². The van der Waals surface area contributed by atoms with E-state index in [1.165, 1.54) is 17.0 Å². The third-order valence-corrected chi connectivity index (χ3v) is 2.65. The second-order valence-electron chi connectivity index (χ2n) is 3.97. The molecule has 0 bridgehead atoms. The van der Waals surface area contributed by atoms with Gasteiger partial charge in [0.25, 0.3) is 5.91 Å². The van der Waals surface area contributed by atoms with Crippen molar-refractivity contribution in [3.05, 3.63) is 59.9 Å². The van der Waals surface area contributed by atoms with Gasteiger partial charge in [0, 0.05) is 24.0 Å². The predicted molar refractivity (Wildman–Crippen MR) is 70.0 cm³/mol. The molecular weight excluding hydrogens is 231 g/mol. The van der Waals surface area contributed by atoms with Crippen LogP contribution in [-0.4, -0.2) is 13.0 Å². The monoisotopic (exact) mass is 244 g/mol. The largest absolute Gasteiger partial charge is 0.399 e. The van der Waals surface area contributed by atoms with Crippen LogP contribution in [0.5, 0.6) is 0 Å². The lowest BCUT2D eigenvalue weighted by molar-refractivity contribution is 0.0993. The Morgan fingerprint density at radius 2 is 1.83 bits per heavy atom. The molecule has 0 aromatic heterocycles. The van der Waals surface area contributed by atoms with Crippen molar-refractivity contribution >= 4 is 17.3 Å². The van der Waals surface area contributed by atoms with Gasteiger partial charge < -0.3 is 10.6 Å². The number of carbonyl (C=O) groups is 1. The molecule has 1 amide bonds. The number of benzene rings is 2. The molecule has 0 aliphatic rings. The summed E-state index contributed by atoms with van der Waals surface area (Å²) in [6, 6.07) is 12.5. The average molecular weight is 244 g/mol. The van der Waals surface area contributed by atoms with Crippen molar-refractivity contribution in [2.75, 3.05) is 17.7 Å². The number of amides is 1. The van der Waals surface area contributed by atoms with Crippen molar-refractivity contribution < 1.29 is 9.18 Å². The Kier molecular flexibility index (Phi) is 3.28. The van der Waals surface area contributed by atoms with Gasteiger partial charge in [-0.05, 0) is 42.5 Å². The van der Waals surface area contributed by atoms with Crippen LogP contribution in [0.3, 0.4) is 0 Å². The van der Waals surface area contributed by atoms with Gasteiger partial charge in [-0.15, -0.1) is 0 Å². The third kappa shape index (κ3) is 2.48. The quantitative estimate of drug-likeness (QED) is 0.825. The summed E-state index contributed by atoms with van der Waals surface area (Å²) in [4.78, 5) is 13.6. The zero-order valence-electron chi connectivity index (χ0n) is 9.93. The summed E-state index contributed by atoms with van der Waals surface area (Å²) in [6.07, 6.45) is 0. The number of halogens is 1. The molecule has 0 radical (unpaired) electrons. The normalized spacial score (nSPS) is 10.1. The lowest BCUT2D eigenvalue weighted by atomic mass is 10.1. The van der Waals surface area contributed by atoms with E-state index in [9.17, 15) is 9.18 Å². The van der Waals surface area contributed by atoms with Gasteiger partial charge in [-0.1, -0.05) is 6.07 Å². The minimum absolute atomic E-state index is 0.186. The number of hydrogen-bond acceptors (Lipinski definition) is 2. The molecular formula is C14H13FN2O. The van der Waals surface area contributed by atoms with Gasteiger partial charge >= 0.3 is 0 Å². The fourth-order valence-electron chi connectivity index (χ4n) is 1.65. The predicted octanol–water partition coefficient (Wildman–Crippen LogP) is 2.68. The Bertz CT molecular complexity index is 566. The molecule has 4 heteroatoms. The van der Waals surface area contributed by atoms with Crippen LogP contribution < -0.4 is 10.6 Å². The van der Waals surface area contributed by atoms with Gasteiger partial charge in [-0.25, -0.2) is 4.39 Å². The summed E-state index contributed by atoms with van der Waals surface area (Å²) in [7, 11) is 1.64. The van der Waals surface area contributed by atoms with E-state index in [-0.39, 0.29) is 11.7 Å². The highest BCUT2D eigenvalue weighted by atomic mass is 19.1. The minimum Gasteiger partial charge on any atom is -0.399 e. The molecule has 0 aliphatic carbocycles. The first-order valence-corrected chi connectivity index (χ1v) is 5.47. The summed E-state index contributed by atoms with van der Waals surface area (Å²) < 4.78 is 12.8. The fraction of sp³-hybridized carbons (Fsp3) is 0.0714. The summed E-state index contributed by atoms with van der Waals surface area (Å²) in [5.41, 5.74) is 7.30. The van der Waals surface area contributed by atoms with E-state index in [2.05, 4.69) is 0 Å². The zero-order chi connectivity index (χ0) is 13.1. The van der Waals surface area contributed by atoms with Crippen LogP contribution in [0.1, 0.15) is 10.4 Å². The molecule has 2 rings (SSSR count). The Morgan fingerprint density at radius 1 is 1.17 bits per heavy atom. The number of nitrogens with two attached hydrogens (primary N) is 1. The van der Waals surface area contributed by atoms with E-state index >= 15 is 0 Å². The van der Waals surface area contributed by atoms with Crippen molar-refractivity contribution in [2.45, 2.75) is 0 Å². The van der Waals surface area contributed by atoms with Gasteiger partial charge in [0.05, 0.1) is 0 Å². The number of nitrogen functional groups attached to an aromatic ring is 1. The van der Waals surface area contributed by atoms with E-state index in [4.69, 9.17) is 5.73 Å². The highest BCUT2D eigenvalue weighted by molar-refractivity contribution is 6.06. The van der Waals surface area contributed by atoms with Crippen LogP contribution in [0.25, 0.3) is 0 Å². The number of nitrogens with zero attached hydrogens (tertiary/aromatic N) is 1. The summed E-state index contributed by atoms with van der Waals surface area (Å²) in [6.45, 7) is 0. The lowest BCUT2D eigenvalue weighted by Crippen LogP contribution is -2.26. The Hall–Kier alpha value is -2.36. The summed E-state index contributed by atoms with van der Waals surface area (Å²) in [5.74, 6) is -0.516. The molecule has 3 nitrogen and oxygen atoms in total. The van der Waals surface area contributed by atoms with Crippen LogP contribution in [-0.2, 0) is 0 Å². The number of anilines is 2. The van der Waals surface area contributed by atoms with Crippen LogP contribution >= 0.6 is 0 Å². The lowest BCUT2D eigenvalue weighted by Gasteiger charge is -2.17. The van der Waals surface area contributed by atoms with Crippen LogP contribution in [0.4, 0.5) is 15.8 Å². The third-order valence-electron chi connectivity index (χ3n) is 2.65. The maximum Gasteiger partial charge on any atom is 0.258 e. The van der Waals surface area contributed by atoms with Crippen molar-refractivity contribution in [1.29, 1.82) is 0 Å². The van der Waals surface area contributed by atoms with Gasteiger partial charge in [0.1, 0.15) is 5.82 Å². The van der Waals surface area contributed by atoms with Gasteiger partial charge in [-0.2, -0.15) is 0 Å².